The molecule has 0 bridgehead atoms. The third kappa shape index (κ3) is 2.48. The Hall–Kier alpha value is -0.590. The van der Waals surface area contributed by atoms with Gasteiger partial charge in [-0.05, 0) is 26.2 Å². The van der Waals surface area contributed by atoms with Gasteiger partial charge in [0, 0.05) is 12.4 Å². The van der Waals surface area contributed by atoms with E-state index in [2.05, 4.69) is 14.8 Å². The first-order valence-corrected chi connectivity index (χ1v) is 7.11. The fraction of sp³-hybridized carbons (Fsp3) is 0.818. The van der Waals surface area contributed by atoms with Gasteiger partial charge in [-0.25, -0.2) is 0 Å². The SMILES string of the molecule is Cc1nnc2n1CC(OC1CCCCO1)CS2. The van der Waals surface area contributed by atoms with Crippen molar-refractivity contribution in [3.05, 3.63) is 5.82 Å². The molecule has 2 aliphatic heterocycles. The maximum atomic E-state index is 5.99. The number of hydrogen-bond acceptors (Lipinski definition) is 5. The van der Waals surface area contributed by atoms with Gasteiger partial charge in [-0.15, -0.1) is 10.2 Å². The second-order valence-electron chi connectivity index (χ2n) is 4.51. The highest BCUT2D eigenvalue weighted by molar-refractivity contribution is 7.99. The number of thioether (sulfide) groups is 1. The lowest BCUT2D eigenvalue weighted by atomic mass is 10.2. The van der Waals surface area contributed by atoms with E-state index in [1.165, 1.54) is 6.42 Å². The van der Waals surface area contributed by atoms with Crippen LogP contribution in [0.3, 0.4) is 0 Å². The van der Waals surface area contributed by atoms with Gasteiger partial charge < -0.3 is 14.0 Å². The molecule has 0 aromatic carbocycles. The predicted octanol–water partition coefficient (Wildman–Crippen LogP) is 1.60. The lowest BCUT2D eigenvalue weighted by Crippen LogP contribution is -2.34. The fourth-order valence-electron chi connectivity index (χ4n) is 2.22. The molecule has 0 aliphatic carbocycles. The third-order valence-corrected chi connectivity index (χ3v) is 4.27. The Morgan fingerprint density at radius 1 is 1.41 bits per heavy atom. The largest absolute Gasteiger partial charge is 0.353 e. The number of fused-ring (bicyclic) bond motifs is 1. The average Bonchev–Trinajstić information content (AvgIpc) is 2.73. The minimum atomic E-state index is -0.00677. The highest BCUT2D eigenvalue weighted by Gasteiger charge is 2.26. The van der Waals surface area contributed by atoms with Crippen LogP contribution in [0.2, 0.25) is 0 Å². The van der Waals surface area contributed by atoms with Crippen LogP contribution in [0.5, 0.6) is 0 Å². The van der Waals surface area contributed by atoms with Gasteiger partial charge in [-0.3, -0.25) is 0 Å². The summed E-state index contributed by atoms with van der Waals surface area (Å²) in [6.07, 6.45) is 3.60. The van der Waals surface area contributed by atoms with Crippen LogP contribution in [-0.4, -0.2) is 39.5 Å². The van der Waals surface area contributed by atoms with Gasteiger partial charge >= 0.3 is 0 Å². The van der Waals surface area contributed by atoms with Gasteiger partial charge in [-0.1, -0.05) is 11.8 Å². The number of nitrogens with zero attached hydrogens (tertiary/aromatic N) is 3. The van der Waals surface area contributed by atoms with E-state index in [0.717, 1.165) is 42.7 Å². The second kappa shape index (κ2) is 4.96. The quantitative estimate of drug-likeness (QED) is 0.803. The summed E-state index contributed by atoms with van der Waals surface area (Å²) < 4.78 is 13.7. The highest BCUT2D eigenvalue weighted by atomic mass is 32.2. The Morgan fingerprint density at radius 3 is 3.18 bits per heavy atom. The summed E-state index contributed by atoms with van der Waals surface area (Å²) in [7, 11) is 0. The molecule has 6 heteroatoms. The zero-order valence-electron chi connectivity index (χ0n) is 9.96. The first kappa shape index (κ1) is 11.5. The molecule has 3 rings (SSSR count). The van der Waals surface area contributed by atoms with Crippen LogP contribution in [0.4, 0.5) is 0 Å². The van der Waals surface area contributed by atoms with Crippen LogP contribution >= 0.6 is 11.8 Å². The van der Waals surface area contributed by atoms with Gasteiger partial charge in [-0.2, -0.15) is 0 Å². The Balaban J connectivity index is 1.61. The minimum Gasteiger partial charge on any atom is -0.353 e. The van der Waals surface area contributed by atoms with Crippen molar-refractivity contribution in [3.63, 3.8) is 0 Å². The molecule has 3 heterocycles. The van der Waals surface area contributed by atoms with Gasteiger partial charge in [0.15, 0.2) is 11.4 Å². The van der Waals surface area contributed by atoms with Crippen LogP contribution in [-0.2, 0) is 16.0 Å². The summed E-state index contributed by atoms with van der Waals surface area (Å²) in [6, 6.07) is 0. The average molecular weight is 255 g/mol. The summed E-state index contributed by atoms with van der Waals surface area (Å²) in [5, 5.41) is 9.22. The molecule has 0 saturated carbocycles. The van der Waals surface area contributed by atoms with Crippen LogP contribution < -0.4 is 0 Å². The van der Waals surface area contributed by atoms with Crippen molar-refractivity contribution in [2.45, 2.75) is 50.3 Å². The molecule has 0 spiro atoms. The van der Waals surface area contributed by atoms with E-state index in [4.69, 9.17) is 9.47 Å². The van der Waals surface area contributed by atoms with Crippen molar-refractivity contribution in [2.75, 3.05) is 12.4 Å². The third-order valence-electron chi connectivity index (χ3n) is 3.17. The van der Waals surface area contributed by atoms with Crippen LogP contribution in [0.15, 0.2) is 5.16 Å². The molecule has 0 N–H and O–H groups in total. The topological polar surface area (TPSA) is 49.2 Å². The molecule has 0 amide bonds. The molecule has 17 heavy (non-hydrogen) atoms. The van der Waals surface area contributed by atoms with E-state index < -0.39 is 0 Å². The summed E-state index contributed by atoms with van der Waals surface area (Å²) >= 11 is 1.72. The summed E-state index contributed by atoms with van der Waals surface area (Å²) in [5.41, 5.74) is 0. The van der Waals surface area contributed by atoms with E-state index in [1.54, 1.807) is 11.8 Å². The first-order chi connectivity index (χ1) is 8.33. The summed E-state index contributed by atoms with van der Waals surface area (Å²) in [5.74, 6) is 1.91. The molecule has 94 valence electrons. The van der Waals surface area contributed by atoms with E-state index in [0.29, 0.717) is 0 Å². The molecule has 2 atom stereocenters. The Bertz CT molecular complexity index is 390. The number of rotatable bonds is 2. The highest BCUT2D eigenvalue weighted by Crippen LogP contribution is 2.27. The lowest BCUT2D eigenvalue weighted by molar-refractivity contribution is -0.186. The molecular weight excluding hydrogens is 238 g/mol. The minimum absolute atomic E-state index is 0.00677. The molecule has 1 saturated heterocycles. The zero-order valence-corrected chi connectivity index (χ0v) is 10.8. The van der Waals surface area contributed by atoms with Gasteiger partial charge in [0.2, 0.25) is 0 Å². The standard InChI is InChI=1S/C11H17N3O2S/c1-8-12-13-11-14(8)6-9(7-17-11)16-10-4-2-3-5-15-10/h9-10H,2-7H2,1H3. The van der Waals surface area contributed by atoms with Crippen molar-refractivity contribution in [1.29, 1.82) is 0 Å². The van der Waals surface area contributed by atoms with Crippen molar-refractivity contribution in [3.8, 4) is 0 Å². The number of aromatic nitrogens is 3. The monoisotopic (exact) mass is 255 g/mol. The normalized spacial score (nSPS) is 29.0. The van der Waals surface area contributed by atoms with Gasteiger partial charge in [0.05, 0.1) is 12.6 Å². The Morgan fingerprint density at radius 2 is 2.35 bits per heavy atom. The molecule has 2 unspecified atom stereocenters. The van der Waals surface area contributed by atoms with Crippen LogP contribution in [0, 0.1) is 6.92 Å². The van der Waals surface area contributed by atoms with Crippen molar-refractivity contribution in [2.24, 2.45) is 0 Å². The van der Waals surface area contributed by atoms with Gasteiger partial charge in [0.1, 0.15) is 5.82 Å². The predicted molar refractivity (Wildman–Crippen MR) is 63.9 cm³/mol. The van der Waals surface area contributed by atoms with Gasteiger partial charge in [0.25, 0.3) is 0 Å². The second-order valence-corrected chi connectivity index (χ2v) is 5.49. The van der Waals surface area contributed by atoms with Crippen molar-refractivity contribution < 1.29 is 9.47 Å². The molecule has 1 fully saturated rings. The maximum absolute atomic E-state index is 5.99. The number of ether oxygens (including phenoxy) is 2. The first-order valence-electron chi connectivity index (χ1n) is 6.12. The Labute approximate surface area is 105 Å². The number of aryl methyl sites for hydroxylation is 1. The van der Waals surface area contributed by atoms with E-state index >= 15 is 0 Å². The fourth-order valence-corrected chi connectivity index (χ4v) is 3.20. The summed E-state index contributed by atoms with van der Waals surface area (Å²) in [4.78, 5) is 0. The molecular formula is C11H17N3O2S. The Kier molecular flexibility index (Phi) is 3.35. The molecule has 0 radical (unpaired) electrons. The lowest BCUT2D eigenvalue weighted by Gasteiger charge is -2.30. The molecule has 5 nitrogen and oxygen atoms in total. The summed E-state index contributed by atoms with van der Waals surface area (Å²) in [6.45, 7) is 3.67. The van der Waals surface area contributed by atoms with E-state index in [1.807, 2.05) is 6.92 Å². The maximum Gasteiger partial charge on any atom is 0.191 e. The molecule has 1 aromatic rings. The van der Waals surface area contributed by atoms with Crippen molar-refractivity contribution >= 4 is 11.8 Å². The molecule has 2 aliphatic rings. The van der Waals surface area contributed by atoms with Crippen molar-refractivity contribution in [1.82, 2.24) is 14.8 Å². The van der Waals surface area contributed by atoms with Crippen LogP contribution in [0.25, 0.3) is 0 Å². The number of hydrogen-bond donors (Lipinski definition) is 0. The van der Waals surface area contributed by atoms with E-state index in [9.17, 15) is 0 Å². The van der Waals surface area contributed by atoms with E-state index in [-0.39, 0.29) is 12.4 Å². The molecule has 1 aromatic heterocycles. The van der Waals surface area contributed by atoms with Crippen LogP contribution in [0.1, 0.15) is 25.1 Å². The zero-order chi connectivity index (χ0) is 11.7. The smallest absolute Gasteiger partial charge is 0.191 e.